The van der Waals surface area contributed by atoms with E-state index in [1.807, 2.05) is 27.7 Å². The molecule has 11 aromatic rings. The lowest BCUT2D eigenvalue weighted by Gasteiger charge is -2.34. The summed E-state index contributed by atoms with van der Waals surface area (Å²) < 4.78 is 0. The molecule has 4 heteroatoms. The highest BCUT2D eigenvalue weighted by atomic mass is 32.1. The second-order valence-corrected chi connectivity index (χ2v) is 17.0. The minimum absolute atomic E-state index is 1.18. The largest absolute Gasteiger partial charge is 0.299 e. The Morgan fingerprint density at radius 1 is 0.311 bits per heavy atom. The maximum Gasteiger partial charge on any atom is 0.1000 e. The van der Waals surface area contributed by atoms with Crippen molar-refractivity contribution in [1.29, 1.82) is 0 Å². The molecule has 0 bridgehead atoms. The van der Waals surface area contributed by atoms with E-state index in [4.69, 9.17) is 0 Å². The van der Waals surface area contributed by atoms with Gasteiger partial charge >= 0.3 is 0 Å². The molecular weight excluding hydrogens is 777 g/mol. The summed E-state index contributed by atoms with van der Waals surface area (Å²) in [6.45, 7) is 14.7. The zero-order chi connectivity index (χ0) is 42.2. The molecule has 0 fully saturated rings. The number of hydrogen-bond donors (Lipinski definition) is 0. The molecule has 0 aliphatic rings. The van der Waals surface area contributed by atoms with Crippen molar-refractivity contribution >= 4 is 120 Å². The van der Waals surface area contributed by atoms with Gasteiger partial charge < -0.3 is 0 Å². The Bertz CT molecular complexity index is 3240. The maximum atomic E-state index is 2.58. The van der Waals surface area contributed by atoms with E-state index >= 15 is 0 Å². The Morgan fingerprint density at radius 2 is 0.656 bits per heavy atom. The predicted molar refractivity (Wildman–Crippen MR) is 274 cm³/mol. The minimum atomic E-state index is 1.18. The first-order chi connectivity index (χ1) is 30.0. The van der Waals surface area contributed by atoms with Crippen LogP contribution in [0.15, 0.2) is 175 Å². The summed E-state index contributed by atoms with van der Waals surface area (Å²) in [7, 11) is 0. The lowest BCUT2D eigenvalue weighted by Crippen LogP contribution is -2.15. The van der Waals surface area contributed by atoms with Crippen LogP contribution in [-0.4, -0.2) is 0 Å². The van der Waals surface area contributed by atoms with Crippen LogP contribution in [0.2, 0.25) is 0 Å². The summed E-state index contributed by atoms with van der Waals surface area (Å²) in [5, 5.41) is 21.5. The highest BCUT2D eigenvalue weighted by molar-refractivity contribution is 7.14. The monoisotopic (exact) mass is 826 g/mol. The topological polar surface area (TPSA) is 6.48 Å². The normalized spacial score (nSPS) is 11.2. The van der Waals surface area contributed by atoms with Crippen LogP contribution in [-0.2, 0) is 0 Å². The van der Waals surface area contributed by atoms with Crippen LogP contribution in [0.3, 0.4) is 0 Å². The lowest BCUT2D eigenvalue weighted by molar-refractivity contribution is 1.33. The van der Waals surface area contributed by atoms with Gasteiger partial charge in [0.25, 0.3) is 0 Å². The van der Waals surface area contributed by atoms with Crippen LogP contribution in [0, 0.1) is 20.8 Å². The van der Waals surface area contributed by atoms with Crippen molar-refractivity contribution in [2.45, 2.75) is 48.5 Å². The molecule has 0 saturated carbocycles. The molecule has 300 valence electrons. The van der Waals surface area contributed by atoms with Crippen LogP contribution in [0.5, 0.6) is 0 Å². The molecular formula is C57H50N2S2. The molecule has 2 heterocycles. The predicted octanol–water partition coefficient (Wildman–Crippen LogP) is 18.6. The standard InChI is InChI=1S/C53H38N2S2.2C2H6/c1-33-24-25-44-45(28-33)53(55(49-23-13-27-57-49)51-42-20-10-6-16-38(42)32-39-17-7-11-21-43(39)51)47-30-35(3)34(2)29-46(47)52(44)54(48-22-12-26-56-48)50-40-18-8-4-14-36(40)31-37-15-5-9-19-41(37)50;2*1-2/h4-32H,1-3H3;2*1-2H3. The third kappa shape index (κ3) is 6.81. The first-order valence-electron chi connectivity index (χ1n) is 21.5. The zero-order valence-electron chi connectivity index (χ0n) is 36.0. The van der Waals surface area contributed by atoms with Crippen LogP contribution < -0.4 is 9.80 Å². The highest BCUT2D eigenvalue weighted by Crippen LogP contribution is 2.56. The zero-order valence-corrected chi connectivity index (χ0v) is 37.6. The van der Waals surface area contributed by atoms with Crippen LogP contribution in [0.1, 0.15) is 44.4 Å². The molecule has 2 nitrogen and oxygen atoms in total. The van der Waals surface area contributed by atoms with Gasteiger partial charge in [0.15, 0.2) is 0 Å². The fourth-order valence-electron chi connectivity index (χ4n) is 8.96. The van der Waals surface area contributed by atoms with Crippen molar-refractivity contribution in [2.24, 2.45) is 0 Å². The Hall–Kier alpha value is -6.46. The molecule has 2 aromatic heterocycles. The molecule has 0 spiro atoms. The van der Waals surface area contributed by atoms with Crippen LogP contribution in [0.25, 0.3) is 64.6 Å². The molecule has 0 amide bonds. The number of nitrogens with zero attached hydrogens (tertiary/aromatic N) is 2. The van der Waals surface area contributed by atoms with E-state index in [9.17, 15) is 0 Å². The smallest absolute Gasteiger partial charge is 0.1000 e. The summed E-state index contributed by atoms with van der Waals surface area (Å²) in [5.41, 5.74) is 8.58. The van der Waals surface area contributed by atoms with Crippen molar-refractivity contribution in [3.63, 3.8) is 0 Å². The fraction of sp³-hybridized carbons (Fsp3) is 0.123. The molecule has 11 rings (SSSR count). The number of rotatable bonds is 6. The highest BCUT2D eigenvalue weighted by Gasteiger charge is 2.29. The van der Waals surface area contributed by atoms with E-state index in [1.165, 1.54) is 114 Å². The molecule has 61 heavy (non-hydrogen) atoms. The number of thiophene rings is 2. The van der Waals surface area contributed by atoms with Crippen LogP contribution in [0.4, 0.5) is 32.8 Å². The van der Waals surface area contributed by atoms with E-state index in [0.29, 0.717) is 0 Å². The summed E-state index contributed by atoms with van der Waals surface area (Å²) in [6, 6.07) is 61.1. The maximum absolute atomic E-state index is 2.58. The number of anilines is 6. The van der Waals surface area contributed by atoms with Gasteiger partial charge in [0.1, 0.15) is 0 Å². The third-order valence-corrected chi connectivity index (χ3v) is 13.4. The number of benzene rings is 9. The summed E-state index contributed by atoms with van der Waals surface area (Å²) in [5.74, 6) is 0. The average molecular weight is 827 g/mol. The molecule has 0 saturated heterocycles. The van der Waals surface area contributed by atoms with Gasteiger partial charge in [-0.2, -0.15) is 0 Å². The first kappa shape index (κ1) is 40.0. The van der Waals surface area contributed by atoms with E-state index in [1.54, 1.807) is 22.7 Å². The van der Waals surface area contributed by atoms with Crippen molar-refractivity contribution in [3.8, 4) is 0 Å². The van der Waals surface area contributed by atoms with E-state index in [2.05, 4.69) is 205 Å². The Balaban J connectivity index is 0.00000116. The molecule has 0 aliphatic heterocycles. The SMILES string of the molecule is CC.CC.Cc1ccc2c(N(c3cccs3)c3c4ccccc4cc4ccccc34)c3cc(C)c(C)cc3c(N(c3cccs3)c3c4ccccc4cc4ccccc34)c2c1. The van der Waals surface area contributed by atoms with Gasteiger partial charge in [-0.25, -0.2) is 0 Å². The van der Waals surface area contributed by atoms with Crippen molar-refractivity contribution < 1.29 is 0 Å². The summed E-state index contributed by atoms with van der Waals surface area (Å²) in [6.07, 6.45) is 0. The Labute approximate surface area is 367 Å². The van der Waals surface area contributed by atoms with Gasteiger partial charge in [-0.05, 0) is 119 Å². The average Bonchev–Trinajstić information content (AvgIpc) is 4.05. The van der Waals surface area contributed by atoms with Crippen molar-refractivity contribution in [1.82, 2.24) is 0 Å². The van der Waals surface area contributed by atoms with Gasteiger partial charge in [0.2, 0.25) is 0 Å². The third-order valence-electron chi connectivity index (χ3n) is 11.7. The molecule has 0 radical (unpaired) electrons. The molecule has 9 aromatic carbocycles. The molecule has 0 aliphatic carbocycles. The molecule has 0 atom stereocenters. The number of fused-ring (bicyclic) bond motifs is 6. The van der Waals surface area contributed by atoms with E-state index in [-0.39, 0.29) is 0 Å². The number of hydrogen-bond acceptors (Lipinski definition) is 4. The van der Waals surface area contributed by atoms with Gasteiger partial charge in [-0.1, -0.05) is 142 Å². The van der Waals surface area contributed by atoms with E-state index < -0.39 is 0 Å². The van der Waals surface area contributed by atoms with Crippen LogP contribution >= 0.6 is 22.7 Å². The lowest BCUT2D eigenvalue weighted by atomic mass is 9.91. The van der Waals surface area contributed by atoms with Gasteiger partial charge in [-0.3, -0.25) is 9.80 Å². The summed E-state index contributed by atoms with van der Waals surface area (Å²) in [4.78, 5) is 5.16. The first-order valence-corrected chi connectivity index (χ1v) is 23.2. The second-order valence-electron chi connectivity index (χ2n) is 15.1. The molecule has 0 N–H and O–H groups in total. The second kappa shape index (κ2) is 16.9. The van der Waals surface area contributed by atoms with Gasteiger partial charge in [-0.15, -0.1) is 22.7 Å². The minimum Gasteiger partial charge on any atom is -0.299 e. The van der Waals surface area contributed by atoms with E-state index in [0.717, 1.165) is 0 Å². The molecule has 0 unspecified atom stereocenters. The fourth-order valence-corrected chi connectivity index (χ4v) is 10.4. The van der Waals surface area contributed by atoms with Gasteiger partial charge in [0.05, 0.1) is 32.8 Å². The Kier molecular flexibility index (Phi) is 11.1. The Morgan fingerprint density at radius 3 is 1.03 bits per heavy atom. The quantitative estimate of drug-likeness (QED) is 0.122. The van der Waals surface area contributed by atoms with Gasteiger partial charge in [0, 0.05) is 43.1 Å². The van der Waals surface area contributed by atoms with Crippen molar-refractivity contribution in [2.75, 3.05) is 9.80 Å². The van der Waals surface area contributed by atoms with Crippen molar-refractivity contribution in [3.05, 3.63) is 191 Å². The number of aryl methyl sites for hydroxylation is 3. The summed E-state index contributed by atoms with van der Waals surface area (Å²) >= 11 is 3.58.